The Morgan fingerprint density at radius 1 is 0.656 bits per heavy atom. The van der Waals surface area contributed by atoms with E-state index in [2.05, 4.69) is 4.90 Å². The molecule has 1 fully saturated rings. The number of carbonyl (C=O) groups excluding carboxylic acids is 2. The van der Waals surface area contributed by atoms with Gasteiger partial charge in [0.15, 0.2) is 0 Å². The fourth-order valence-corrected chi connectivity index (χ4v) is 4.95. The van der Waals surface area contributed by atoms with Crippen molar-refractivity contribution in [3.8, 4) is 0 Å². The largest absolute Gasteiger partial charge is 0.379 e. The van der Waals surface area contributed by atoms with Crippen LogP contribution in [0.1, 0.15) is 78.5 Å². The van der Waals surface area contributed by atoms with Crippen molar-refractivity contribution in [1.29, 1.82) is 0 Å². The Morgan fingerprint density at radius 2 is 1.16 bits per heavy atom. The van der Waals surface area contributed by atoms with Crippen LogP contribution in [0.3, 0.4) is 0 Å². The Morgan fingerprint density at radius 3 is 1.72 bits per heavy atom. The third kappa shape index (κ3) is 5.57. The Bertz CT molecular complexity index is 870. The Kier molecular flexibility index (Phi) is 8.30. The van der Waals surface area contributed by atoms with Crippen LogP contribution in [0.15, 0.2) is 36.4 Å². The molecule has 0 bridgehead atoms. The van der Waals surface area contributed by atoms with E-state index in [0.29, 0.717) is 17.7 Å². The normalized spacial score (nSPS) is 16.8. The molecule has 0 unspecified atom stereocenters. The van der Waals surface area contributed by atoms with Gasteiger partial charge in [-0.15, -0.1) is 0 Å². The van der Waals surface area contributed by atoms with Gasteiger partial charge in [-0.25, -0.2) is 0 Å². The second-order valence-electron chi connectivity index (χ2n) is 9.11. The van der Waals surface area contributed by atoms with Crippen LogP contribution in [0.5, 0.6) is 0 Å². The van der Waals surface area contributed by atoms with Crippen LogP contribution in [0, 0.1) is 0 Å². The van der Waals surface area contributed by atoms with Gasteiger partial charge < -0.3 is 4.74 Å². The standard InChI is InChI=1S/C27H36N2O3/c30-26-23-14-10-12-22-13-11-15-24(25(22)23)27(31)29(26)17-9-7-5-3-1-2-4-6-8-16-28-18-20-32-21-19-28/h10-15H,1-9,16-21H2. The third-order valence-electron chi connectivity index (χ3n) is 6.82. The van der Waals surface area contributed by atoms with Crippen molar-refractivity contribution in [2.45, 2.75) is 57.8 Å². The number of carbonyl (C=O) groups is 2. The average Bonchev–Trinajstić information content (AvgIpc) is 2.83. The van der Waals surface area contributed by atoms with Crippen LogP contribution in [0.25, 0.3) is 10.8 Å². The fourth-order valence-electron chi connectivity index (χ4n) is 4.95. The molecule has 2 aliphatic rings. The first-order valence-electron chi connectivity index (χ1n) is 12.4. The number of imide groups is 1. The third-order valence-corrected chi connectivity index (χ3v) is 6.82. The van der Waals surface area contributed by atoms with Crippen molar-refractivity contribution >= 4 is 22.6 Å². The first-order chi connectivity index (χ1) is 15.8. The molecule has 0 N–H and O–H groups in total. The van der Waals surface area contributed by atoms with Crippen LogP contribution in [-0.4, -0.2) is 61.0 Å². The highest BCUT2D eigenvalue weighted by Gasteiger charge is 2.31. The molecule has 0 atom stereocenters. The number of unbranched alkanes of at least 4 members (excludes halogenated alkanes) is 8. The van der Waals surface area contributed by atoms with Gasteiger partial charge in [-0.2, -0.15) is 0 Å². The number of hydrogen-bond acceptors (Lipinski definition) is 4. The summed E-state index contributed by atoms with van der Waals surface area (Å²) in [6.45, 7) is 5.71. The van der Waals surface area contributed by atoms with E-state index in [-0.39, 0.29) is 11.8 Å². The summed E-state index contributed by atoms with van der Waals surface area (Å²) >= 11 is 0. The number of nitrogens with zero attached hydrogens (tertiary/aromatic N) is 2. The number of morpholine rings is 1. The Labute approximate surface area is 191 Å². The number of amides is 2. The maximum Gasteiger partial charge on any atom is 0.261 e. The first kappa shape index (κ1) is 22.9. The average molecular weight is 437 g/mol. The lowest BCUT2D eigenvalue weighted by atomic mass is 9.94. The van der Waals surface area contributed by atoms with Gasteiger partial charge in [0, 0.05) is 36.1 Å². The summed E-state index contributed by atoms with van der Waals surface area (Å²) in [5, 5.41) is 1.77. The summed E-state index contributed by atoms with van der Waals surface area (Å²) in [5.74, 6) is -0.284. The molecule has 2 amide bonds. The van der Waals surface area contributed by atoms with Crippen molar-refractivity contribution in [2.75, 3.05) is 39.4 Å². The monoisotopic (exact) mass is 436 g/mol. The highest BCUT2D eigenvalue weighted by Crippen LogP contribution is 2.30. The van der Waals surface area contributed by atoms with Crippen LogP contribution in [0.2, 0.25) is 0 Å². The molecule has 2 aromatic rings. The minimum absolute atomic E-state index is 0.142. The molecular weight excluding hydrogens is 400 g/mol. The molecule has 0 radical (unpaired) electrons. The van der Waals surface area contributed by atoms with E-state index in [4.69, 9.17) is 4.74 Å². The second kappa shape index (κ2) is 11.6. The summed E-state index contributed by atoms with van der Waals surface area (Å²) in [7, 11) is 0. The molecule has 2 aliphatic heterocycles. The van der Waals surface area contributed by atoms with Gasteiger partial charge in [0.1, 0.15) is 0 Å². The molecule has 5 heteroatoms. The number of hydrogen-bond donors (Lipinski definition) is 0. The van der Waals surface area contributed by atoms with Crippen molar-refractivity contribution in [1.82, 2.24) is 9.80 Å². The molecule has 172 valence electrons. The molecule has 4 rings (SSSR count). The molecule has 2 aromatic carbocycles. The lowest BCUT2D eigenvalue weighted by Gasteiger charge is -2.27. The molecule has 0 aromatic heterocycles. The van der Waals surface area contributed by atoms with Gasteiger partial charge in [-0.3, -0.25) is 19.4 Å². The van der Waals surface area contributed by atoms with E-state index in [1.807, 2.05) is 36.4 Å². The van der Waals surface area contributed by atoms with E-state index in [1.54, 1.807) is 0 Å². The highest BCUT2D eigenvalue weighted by atomic mass is 16.5. The van der Waals surface area contributed by atoms with Gasteiger partial charge in [0.05, 0.1) is 13.2 Å². The number of benzene rings is 2. The maximum absolute atomic E-state index is 12.9. The fraction of sp³-hybridized carbons (Fsp3) is 0.556. The van der Waals surface area contributed by atoms with E-state index >= 15 is 0 Å². The summed E-state index contributed by atoms with van der Waals surface area (Å²) < 4.78 is 5.39. The molecule has 2 heterocycles. The summed E-state index contributed by atoms with van der Waals surface area (Å²) in [4.78, 5) is 29.8. The van der Waals surface area contributed by atoms with E-state index < -0.39 is 0 Å². The zero-order chi connectivity index (χ0) is 22.2. The topological polar surface area (TPSA) is 49.9 Å². The smallest absolute Gasteiger partial charge is 0.261 e. The van der Waals surface area contributed by atoms with Crippen LogP contribution in [0.4, 0.5) is 0 Å². The van der Waals surface area contributed by atoms with Crippen LogP contribution in [-0.2, 0) is 4.74 Å². The van der Waals surface area contributed by atoms with Crippen molar-refractivity contribution < 1.29 is 14.3 Å². The van der Waals surface area contributed by atoms with Crippen molar-refractivity contribution in [3.05, 3.63) is 47.5 Å². The van der Waals surface area contributed by atoms with Crippen molar-refractivity contribution in [2.24, 2.45) is 0 Å². The summed E-state index contributed by atoms with van der Waals surface area (Å²) in [5.41, 5.74) is 1.32. The first-order valence-corrected chi connectivity index (χ1v) is 12.4. The molecular formula is C27H36N2O3. The molecule has 0 saturated carbocycles. The van der Waals surface area contributed by atoms with Gasteiger partial charge in [-0.1, -0.05) is 69.2 Å². The lowest BCUT2D eigenvalue weighted by Crippen LogP contribution is -2.40. The van der Waals surface area contributed by atoms with Gasteiger partial charge in [0.25, 0.3) is 11.8 Å². The summed E-state index contributed by atoms with van der Waals surface area (Å²) in [6, 6.07) is 11.4. The van der Waals surface area contributed by atoms with Crippen molar-refractivity contribution in [3.63, 3.8) is 0 Å². The second-order valence-corrected chi connectivity index (χ2v) is 9.11. The van der Waals surface area contributed by atoms with Crippen LogP contribution >= 0.6 is 0 Å². The molecule has 0 aliphatic carbocycles. The minimum Gasteiger partial charge on any atom is -0.379 e. The van der Waals surface area contributed by atoms with Gasteiger partial charge in [0.2, 0.25) is 0 Å². The molecule has 5 nitrogen and oxygen atoms in total. The Hall–Kier alpha value is -2.24. The maximum atomic E-state index is 12.9. The van der Waals surface area contributed by atoms with E-state index in [9.17, 15) is 9.59 Å². The zero-order valence-electron chi connectivity index (χ0n) is 19.2. The SMILES string of the molecule is O=C1c2cccc3cccc(c23)C(=O)N1CCCCCCCCCCCN1CCOCC1. The highest BCUT2D eigenvalue weighted by molar-refractivity contribution is 6.25. The molecule has 0 spiro atoms. The minimum atomic E-state index is -0.142. The number of ether oxygens (including phenoxy) is 1. The number of rotatable bonds is 12. The van der Waals surface area contributed by atoms with Crippen LogP contribution < -0.4 is 0 Å². The Balaban J connectivity index is 1.09. The van der Waals surface area contributed by atoms with E-state index in [0.717, 1.165) is 49.9 Å². The predicted octanol–water partition coefficient (Wildman–Crippen LogP) is 5.28. The van der Waals surface area contributed by atoms with E-state index in [1.165, 1.54) is 56.4 Å². The predicted molar refractivity (Wildman–Crippen MR) is 128 cm³/mol. The quantitative estimate of drug-likeness (QED) is 0.336. The lowest BCUT2D eigenvalue weighted by molar-refractivity contribution is 0.0371. The zero-order valence-corrected chi connectivity index (χ0v) is 19.2. The molecule has 32 heavy (non-hydrogen) atoms. The van der Waals surface area contributed by atoms with Gasteiger partial charge in [-0.05, 0) is 36.9 Å². The molecule has 1 saturated heterocycles. The van der Waals surface area contributed by atoms with Gasteiger partial charge >= 0.3 is 0 Å². The summed E-state index contributed by atoms with van der Waals surface area (Å²) in [6.07, 6.45) is 10.9.